The molecule has 1 aliphatic rings. The van der Waals surface area contributed by atoms with Crippen molar-refractivity contribution in [1.29, 1.82) is 0 Å². The number of hydrogen-bond acceptors (Lipinski definition) is 4. The van der Waals surface area contributed by atoms with Crippen LogP contribution in [-0.2, 0) is 13.1 Å². The SMILES string of the molecule is CNCc1cccc(N(Cc2cccs2)C2CC2)n1. The number of thiophene rings is 1. The first-order valence-electron chi connectivity index (χ1n) is 6.76. The summed E-state index contributed by atoms with van der Waals surface area (Å²) in [4.78, 5) is 8.63. The molecule has 1 saturated carbocycles. The standard InChI is InChI=1S/C15H19N3S/c1-16-10-12-4-2-6-15(17-12)18(13-7-8-13)11-14-5-3-9-19-14/h2-6,9,13,16H,7-8,10-11H2,1H3. The Morgan fingerprint density at radius 2 is 2.21 bits per heavy atom. The van der Waals surface area contributed by atoms with Crippen molar-refractivity contribution in [3.05, 3.63) is 46.3 Å². The van der Waals surface area contributed by atoms with Crippen LogP contribution < -0.4 is 10.2 Å². The van der Waals surface area contributed by atoms with Crippen LogP contribution in [0.15, 0.2) is 35.7 Å². The van der Waals surface area contributed by atoms with E-state index in [9.17, 15) is 0 Å². The van der Waals surface area contributed by atoms with E-state index in [1.807, 2.05) is 18.4 Å². The zero-order valence-electron chi connectivity index (χ0n) is 11.2. The molecule has 0 radical (unpaired) electrons. The highest BCUT2D eigenvalue weighted by Gasteiger charge is 2.30. The molecule has 4 heteroatoms. The third kappa shape index (κ3) is 3.14. The molecule has 0 unspecified atom stereocenters. The van der Waals surface area contributed by atoms with Crippen molar-refractivity contribution in [2.24, 2.45) is 0 Å². The normalized spacial score (nSPS) is 14.6. The maximum Gasteiger partial charge on any atom is 0.129 e. The van der Waals surface area contributed by atoms with E-state index in [1.54, 1.807) is 0 Å². The first-order chi connectivity index (χ1) is 9.36. The van der Waals surface area contributed by atoms with Gasteiger partial charge in [0.2, 0.25) is 0 Å². The van der Waals surface area contributed by atoms with E-state index >= 15 is 0 Å². The van der Waals surface area contributed by atoms with Crippen molar-refractivity contribution < 1.29 is 0 Å². The Balaban J connectivity index is 1.81. The van der Waals surface area contributed by atoms with Gasteiger partial charge in [0.25, 0.3) is 0 Å². The van der Waals surface area contributed by atoms with Crippen molar-refractivity contribution in [2.45, 2.75) is 32.0 Å². The summed E-state index contributed by atoms with van der Waals surface area (Å²) in [6, 6.07) is 11.3. The summed E-state index contributed by atoms with van der Waals surface area (Å²) in [6.45, 7) is 1.81. The largest absolute Gasteiger partial charge is 0.348 e. The molecule has 2 aromatic rings. The fourth-order valence-corrected chi connectivity index (χ4v) is 2.96. The Labute approximate surface area is 118 Å². The predicted octanol–water partition coefficient (Wildman–Crippen LogP) is 3.03. The lowest BCUT2D eigenvalue weighted by Crippen LogP contribution is -2.26. The lowest BCUT2D eigenvalue weighted by molar-refractivity contribution is 0.757. The fraction of sp³-hybridized carbons (Fsp3) is 0.400. The highest BCUT2D eigenvalue weighted by molar-refractivity contribution is 7.09. The summed E-state index contributed by atoms with van der Waals surface area (Å²) in [7, 11) is 1.96. The smallest absolute Gasteiger partial charge is 0.129 e. The topological polar surface area (TPSA) is 28.2 Å². The second-order valence-electron chi connectivity index (χ2n) is 4.96. The van der Waals surface area contributed by atoms with E-state index < -0.39 is 0 Å². The maximum atomic E-state index is 4.77. The molecule has 0 spiro atoms. The molecule has 1 aliphatic carbocycles. The number of anilines is 1. The quantitative estimate of drug-likeness (QED) is 0.877. The first kappa shape index (κ1) is 12.6. The molecular weight excluding hydrogens is 254 g/mol. The predicted molar refractivity (Wildman–Crippen MR) is 80.5 cm³/mol. The summed E-state index contributed by atoms with van der Waals surface area (Å²) in [5, 5.41) is 5.31. The van der Waals surface area contributed by atoms with E-state index in [1.165, 1.54) is 17.7 Å². The van der Waals surface area contributed by atoms with Gasteiger partial charge in [-0.25, -0.2) is 4.98 Å². The molecule has 0 amide bonds. The highest BCUT2D eigenvalue weighted by atomic mass is 32.1. The van der Waals surface area contributed by atoms with Crippen LogP contribution in [-0.4, -0.2) is 18.1 Å². The molecule has 1 N–H and O–H groups in total. The van der Waals surface area contributed by atoms with Gasteiger partial charge in [-0.15, -0.1) is 11.3 Å². The summed E-state index contributed by atoms with van der Waals surface area (Å²) < 4.78 is 0. The van der Waals surface area contributed by atoms with Crippen LogP contribution in [0, 0.1) is 0 Å². The van der Waals surface area contributed by atoms with Gasteiger partial charge in [-0.2, -0.15) is 0 Å². The van der Waals surface area contributed by atoms with Crippen molar-refractivity contribution in [3.8, 4) is 0 Å². The first-order valence-corrected chi connectivity index (χ1v) is 7.64. The Hall–Kier alpha value is -1.39. The fourth-order valence-electron chi connectivity index (χ4n) is 2.26. The van der Waals surface area contributed by atoms with Crippen molar-refractivity contribution in [1.82, 2.24) is 10.3 Å². The van der Waals surface area contributed by atoms with Gasteiger partial charge in [-0.3, -0.25) is 0 Å². The molecular formula is C15H19N3S. The Kier molecular flexibility index (Phi) is 3.80. The van der Waals surface area contributed by atoms with Gasteiger partial charge >= 0.3 is 0 Å². The number of hydrogen-bond donors (Lipinski definition) is 1. The molecule has 0 aromatic carbocycles. The average molecular weight is 273 g/mol. The monoisotopic (exact) mass is 273 g/mol. The lowest BCUT2D eigenvalue weighted by atomic mass is 10.3. The third-order valence-electron chi connectivity index (χ3n) is 3.34. The Morgan fingerprint density at radius 1 is 1.32 bits per heavy atom. The van der Waals surface area contributed by atoms with Crippen molar-refractivity contribution in [2.75, 3.05) is 11.9 Å². The van der Waals surface area contributed by atoms with Crippen LogP contribution in [0.25, 0.3) is 0 Å². The molecule has 19 heavy (non-hydrogen) atoms. The number of pyridine rings is 1. The van der Waals surface area contributed by atoms with E-state index in [0.29, 0.717) is 6.04 Å². The van der Waals surface area contributed by atoms with Gasteiger partial charge in [-0.05, 0) is 43.5 Å². The highest BCUT2D eigenvalue weighted by Crippen LogP contribution is 2.32. The molecule has 0 bridgehead atoms. The molecule has 0 atom stereocenters. The Morgan fingerprint density at radius 3 is 2.89 bits per heavy atom. The van der Waals surface area contributed by atoms with Gasteiger partial charge in [0.1, 0.15) is 5.82 Å². The van der Waals surface area contributed by atoms with Gasteiger partial charge in [-0.1, -0.05) is 12.1 Å². The van der Waals surface area contributed by atoms with Gasteiger partial charge < -0.3 is 10.2 Å². The number of nitrogens with zero attached hydrogens (tertiary/aromatic N) is 2. The van der Waals surface area contributed by atoms with E-state index in [0.717, 1.165) is 24.6 Å². The minimum Gasteiger partial charge on any atom is -0.348 e. The van der Waals surface area contributed by atoms with Gasteiger partial charge in [0.15, 0.2) is 0 Å². The summed E-state index contributed by atoms with van der Waals surface area (Å²) in [5.74, 6) is 1.11. The van der Waals surface area contributed by atoms with Gasteiger partial charge in [0, 0.05) is 17.5 Å². The zero-order valence-corrected chi connectivity index (χ0v) is 12.0. The molecule has 3 nitrogen and oxygen atoms in total. The summed E-state index contributed by atoms with van der Waals surface area (Å²) >= 11 is 1.82. The molecule has 3 rings (SSSR count). The summed E-state index contributed by atoms with van der Waals surface area (Å²) in [5.41, 5.74) is 1.11. The zero-order chi connectivity index (χ0) is 13.1. The lowest BCUT2D eigenvalue weighted by Gasteiger charge is -2.23. The number of aromatic nitrogens is 1. The second kappa shape index (κ2) is 5.72. The maximum absolute atomic E-state index is 4.77. The van der Waals surface area contributed by atoms with Crippen LogP contribution in [0.2, 0.25) is 0 Å². The molecule has 2 aromatic heterocycles. The molecule has 100 valence electrons. The minimum atomic E-state index is 0.680. The third-order valence-corrected chi connectivity index (χ3v) is 4.20. The molecule has 0 aliphatic heterocycles. The molecule has 1 fully saturated rings. The van der Waals surface area contributed by atoms with Crippen molar-refractivity contribution in [3.63, 3.8) is 0 Å². The number of nitrogens with one attached hydrogen (secondary N) is 1. The van der Waals surface area contributed by atoms with Crippen LogP contribution in [0.4, 0.5) is 5.82 Å². The average Bonchev–Trinajstić information content (AvgIpc) is 3.14. The van der Waals surface area contributed by atoms with Crippen LogP contribution in [0.3, 0.4) is 0 Å². The van der Waals surface area contributed by atoms with Crippen molar-refractivity contribution >= 4 is 17.2 Å². The van der Waals surface area contributed by atoms with E-state index in [2.05, 4.69) is 45.9 Å². The minimum absolute atomic E-state index is 0.680. The van der Waals surface area contributed by atoms with Gasteiger partial charge in [0.05, 0.1) is 12.2 Å². The molecule has 0 saturated heterocycles. The Bertz CT molecular complexity index is 520. The van der Waals surface area contributed by atoms with E-state index in [4.69, 9.17) is 4.98 Å². The number of rotatable bonds is 6. The van der Waals surface area contributed by atoms with Crippen LogP contribution in [0.5, 0.6) is 0 Å². The van der Waals surface area contributed by atoms with E-state index in [-0.39, 0.29) is 0 Å². The second-order valence-corrected chi connectivity index (χ2v) is 5.99. The molecule has 2 heterocycles. The van der Waals surface area contributed by atoms with Crippen LogP contribution in [0.1, 0.15) is 23.4 Å². The van der Waals surface area contributed by atoms with Crippen LogP contribution >= 0.6 is 11.3 Å². The summed E-state index contributed by atoms with van der Waals surface area (Å²) in [6.07, 6.45) is 2.59.